The average Bonchev–Trinajstić information content (AvgIpc) is 3.27. The number of benzene rings is 1. The van der Waals surface area contributed by atoms with E-state index in [-0.39, 0.29) is 25.9 Å². The van der Waals surface area contributed by atoms with Crippen LogP contribution >= 0.6 is 0 Å². The van der Waals surface area contributed by atoms with E-state index in [1.54, 1.807) is 29.1 Å². The molecule has 4 heterocycles. The van der Waals surface area contributed by atoms with Crippen LogP contribution < -0.4 is 20.3 Å². The average molecular weight is 539 g/mol. The molecule has 12 heteroatoms. The van der Waals surface area contributed by atoms with Gasteiger partial charge in [-0.2, -0.15) is 10.1 Å². The maximum atomic E-state index is 13.8. The zero-order valence-corrected chi connectivity index (χ0v) is 22.1. The number of hydrogen-bond acceptors (Lipinski definition) is 8. The minimum atomic E-state index is -2.70. The van der Waals surface area contributed by atoms with Gasteiger partial charge in [0, 0.05) is 62.6 Å². The molecule has 206 valence electrons. The van der Waals surface area contributed by atoms with Crippen LogP contribution in [0.15, 0.2) is 43.2 Å². The summed E-state index contributed by atoms with van der Waals surface area (Å²) in [6.45, 7) is 8.86. The first-order valence-corrected chi connectivity index (χ1v) is 12.9. The van der Waals surface area contributed by atoms with Gasteiger partial charge in [-0.3, -0.25) is 9.69 Å². The highest BCUT2D eigenvalue weighted by atomic mass is 19.3. The lowest BCUT2D eigenvalue weighted by Gasteiger charge is -2.35. The number of aromatic nitrogens is 4. The number of carbonyl (C=O) groups excluding carboxylic acids is 1. The van der Waals surface area contributed by atoms with E-state index < -0.39 is 11.8 Å². The van der Waals surface area contributed by atoms with Gasteiger partial charge in [0.25, 0.3) is 5.92 Å². The molecule has 2 aromatic heterocycles. The number of amides is 1. The number of aryl methyl sites for hydroxylation is 1. The molecular formula is C27H32F2N8O2. The normalized spacial score (nSPS) is 16.9. The van der Waals surface area contributed by atoms with Gasteiger partial charge in [-0.05, 0) is 38.6 Å². The van der Waals surface area contributed by atoms with E-state index >= 15 is 0 Å². The molecule has 0 bridgehead atoms. The molecule has 2 aliphatic heterocycles. The molecule has 0 saturated carbocycles. The van der Waals surface area contributed by atoms with Gasteiger partial charge in [-0.25, -0.2) is 18.4 Å². The molecule has 1 amide bonds. The van der Waals surface area contributed by atoms with Crippen LogP contribution in [0, 0.1) is 6.92 Å². The summed E-state index contributed by atoms with van der Waals surface area (Å²) in [6, 6.07) is 5.17. The first-order chi connectivity index (χ1) is 18.7. The molecule has 10 nitrogen and oxygen atoms in total. The highest BCUT2D eigenvalue weighted by Crippen LogP contribution is 2.40. The lowest BCUT2D eigenvalue weighted by atomic mass is 10.1. The number of carbonyl (C=O) groups is 1. The van der Waals surface area contributed by atoms with Crippen LogP contribution in [-0.4, -0.2) is 69.8 Å². The number of piperidine rings is 1. The van der Waals surface area contributed by atoms with Crippen LogP contribution in [0.4, 0.5) is 31.8 Å². The maximum Gasteiger partial charge on any atom is 0.251 e. The zero-order chi connectivity index (χ0) is 27.6. The molecule has 39 heavy (non-hydrogen) atoms. The van der Waals surface area contributed by atoms with Crippen molar-refractivity contribution >= 4 is 28.9 Å². The highest BCUT2D eigenvalue weighted by Gasteiger charge is 2.35. The van der Waals surface area contributed by atoms with Gasteiger partial charge in [-0.15, -0.1) is 0 Å². The number of alkyl halides is 2. The molecule has 2 fully saturated rings. The first-order valence-electron chi connectivity index (χ1n) is 12.9. The largest absolute Gasteiger partial charge is 0.494 e. The van der Waals surface area contributed by atoms with Crippen LogP contribution in [0.2, 0.25) is 0 Å². The van der Waals surface area contributed by atoms with Crippen LogP contribution in [0.1, 0.15) is 30.5 Å². The summed E-state index contributed by atoms with van der Waals surface area (Å²) in [5, 5.41) is 10.6. The van der Waals surface area contributed by atoms with Crippen molar-refractivity contribution in [3.8, 4) is 11.6 Å². The molecule has 0 aliphatic carbocycles. The highest BCUT2D eigenvalue weighted by molar-refractivity contribution is 6.02. The van der Waals surface area contributed by atoms with E-state index in [9.17, 15) is 13.6 Å². The number of halogens is 2. The molecule has 0 unspecified atom stereocenters. The van der Waals surface area contributed by atoms with Crippen molar-refractivity contribution < 1.29 is 18.3 Å². The van der Waals surface area contributed by atoms with E-state index in [1.807, 2.05) is 18.0 Å². The smallest absolute Gasteiger partial charge is 0.251 e. The van der Waals surface area contributed by atoms with Crippen molar-refractivity contribution in [2.45, 2.75) is 38.7 Å². The second-order valence-corrected chi connectivity index (χ2v) is 9.78. The van der Waals surface area contributed by atoms with Gasteiger partial charge < -0.3 is 20.3 Å². The van der Waals surface area contributed by atoms with E-state index in [0.29, 0.717) is 34.6 Å². The van der Waals surface area contributed by atoms with Crippen molar-refractivity contribution in [1.82, 2.24) is 24.6 Å². The summed E-state index contributed by atoms with van der Waals surface area (Å²) in [4.78, 5) is 25.4. The zero-order valence-electron chi connectivity index (χ0n) is 22.1. The number of methoxy groups -OCH3 is 1. The van der Waals surface area contributed by atoms with Crippen molar-refractivity contribution in [2.75, 3.05) is 48.8 Å². The Morgan fingerprint density at radius 1 is 1.21 bits per heavy atom. The van der Waals surface area contributed by atoms with Crippen LogP contribution in [-0.2, 0) is 11.3 Å². The molecule has 1 aromatic carbocycles. The van der Waals surface area contributed by atoms with Gasteiger partial charge in [0.1, 0.15) is 5.75 Å². The number of anilines is 4. The third kappa shape index (κ3) is 6.00. The summed E-state index contributed by atoms with van der Waals surface area (Å²) in [7, 11) is 1.51. The summed E-state index contributed by atoms with van der Waals surface area (Å²) in [5.74, 6) is -1.78. The minimum Gasteiger partial charge on any atom is -0.494 e. The molecule has 2 saturated heterocycles. The van der Waals surface area contributed by atoms with E-state index in [0.717, 1.165) is 37.0 Å². The predicted octanol–water partition coefficient (Wildman–Crippen LogP) is 4.29. The summed E-state index contributed by atoms with van der Waals surface area (Å²) in [6.07, 6.45) is 5.47. The molecule has 0 atom stereocenters. The van der Waals surface area contributed by atoms with Crippen molar-refractivity contribution in [3.63, 3.8) is 0 Å². The quantitative estimate of drug-likeness (QED) is 0.390. The molecule has 0 spiro atoms. The van der Waals surface area contributed by atoms with Gasteiger partial charge in [0.2, 0.25) is 11.9 Å². The minimum absolute atomic E-state index is 0.147. The van der Waals surface area contributed by atoms with Crippen molar-refractivity contribution in [2.24, 2.45) is 0 Å². The number of nitrogens with zero attached hydrogens (tertiary/aromatic N) is 6. The van der Waals surface area contributed by atoms with Crippen molar-refractivity contribution in [1.29, 1.82) is 0 Å². The second-order valence-electron chi connectivity index (χ2n) is 9.78. The third-order valence-electron chi connectivity index (χ3n) is 7.06. The third-order valence-corrected chi connectivity index (χ3v) is 7.06. The second kappa shape index (κ2) is 11.0. The fourth-order valence-corrected chi connectivity index (χ4v) is 4.66. The molecule has 2 aliphatic rings. The van der Waals surface area contributed by atoms with Gasteiger partial charge in [0.05, 0.1) is 29.9 Å². The Morgan fingerprint density at radius 2 is 1.97 bits per heavy atom. The molecular weight excluding hydrogens is 506 g/mol. The Bertz CT molecular complexity index is 1360. The molecule has 3 aromatic rings. The Kier molecular flexibility index (Phi) is 7.47. The Balaban J connectivity index is 1.42. The first kappa shape index (κ1) is 26.5. The number of rotatable bonds is 9. The van der Waals surface area contributed by atoms with E-state index in [2.05, 4.69) is 37.2 Å². The van der Waals surface area contributed by atoms with Gasteiger partial charge in [-0.1, -0.05) is 6.58 Å². The summed E-state index contributed by atoms with van der Waals surface area (Å²) >= 11 is 0. The summed E-state index contributed by atoms with van der Waals surface area (Å²) < 4.78 is 34.9. The number of ether oxygens (including phenoxy) is 1. The lowest BCUT2D eigenvalue weighted by Crippen LogP contribution is -2.39. The molecule has 2 N–H and O–H groups in total. The fourth-order valence-electron chi connectivity index (χ4n) is 4.66. The van der Waals surface area contributed by atoms with E-state index in [4.69, 9.17) is 4.74 Å². The van der Waals surface area contributed by atoms with Crippen LogP contribution in [0.5, 0.6) is 5.75 Å². The summed E-state index contributed by atoms with van der Waals surface area (Å²) in [5.41, 5.74) is 3.61. The predicted molar refractivity (Wildman–Crippen MR) is 145 cm³/mol. The van der Waals surface area contributed by atoms with Crippen LogP contribution in [0.3, 0.4) is 0 Å². The SMILES string of the molecule is C=CC(=O)Nc1cc(Nc2nccc(-n3cc(CN4CCC4)c(C)n3)n2)c(OC)cc1N1CCC(F)(F)CC1. The Labute approximate surface area is 225 Å². The monoisotopic (exact) mass is 538 g/mol. The number of nitrogens with one attached hydrogen (secondary N) is 2. The topological polar surface area (TPSA) is 100 Å². The number of hydrogen-bond donors (Lipinski definition) is 2. The van der Waals surface area contributed by atoms with Crippen molar-refractivity contribution in [3.05, 3.63) is 54.5 Å². The molecule has 5 rings (SSSR count). The number of likely N-dealkylation sites (tertiary alicyclic amines) is 1. The fraction of sp³-hybridized carbons (Fsp3) is 0.407. The Morgan fingerprint density at radius 3 is 2.64 bits per heavy atom. The maximum absolute atomic E-state index is 13.8. The lowest BCUT2D eigenvalue weighted by molar-refractivity contribution is -0.111. The van der Waals surface area contributed by atoms with Gasteiger partial charge in [0.15, 0.2) is 5.82 Å². The van der Waals surface area contributed by atoms with Gasteiger partial charge >= 0.3 is 0 Å². The molecule has 0 radical (unpaired) electrons. The van der Waals surface area contributed by atoms with E-state index in [1.165, 1.54) is 13.5 Å². The Hall–Kier alpha value is -4.06. The standard InChI is InChI=1S/C27H32F2N8O2/c1-4-25(38)31-20-14-21(23(39-3)15-22(20)36-12-7-27(28,29)8-13-36)32-26-30-9-6-24(33-26)37-17-19(18(2)34-37)16-35-10-5-11-35/h4,6,9,14-15,17H,1,5,7-8,10-13,16H2,2-3H3,(H,31,38)(H,30,32,33). The van der Waals surface area contributed by atoms with Crippen LogP contribution in [0.25, 0.3) is 5.82 Å².